The van der Waals surface area contributed by atoms with Crippen molar-refractivity contribution in [3.05, 3.63) is 30.1 Å². The van der Waals surface area contributed by atoms with Gasteiger partial charge in [0.2, 0.25) is 0 Å². The Labute approximate surface area is 108 Å². The summed E-state index contributed by atoms with van der Waals surface area (Å²) in [5.41, 5.74) is 1.11. The van der Waals surface area contributed by atoms with Gasteiger partial charge in [0.1, 0.15) is 0 Å². The first-order valence-electron chi connectivity index (χ1n) is 6.54. The van der Waals surface area contributed by atoms with Gasteiger partial charge in [-0.25, -0.2) is 0 Å². The lowest BCUT2D eigenvalue weighted by Gasteiger charge is -2.17. The topological polar surface area (TPSA) is 44.1 Å². The number of aryl methyl sites for hydroxylation is 2. The van der Waals surface area contributed by atoms with Crippen LogP contribution in [0.15, 0.2) is 24.5 Å². The van der Waals surface area contributed by atoms with Crippen LogP contribution in [0, 0.1) is 12.8 Å². The van der Waals surface area contributed by atoms with Gasteiger partial charge in [-0.2, -0.15) is 5.10 Å². The van der Waals surface area contributed by atoms with Gasteiger partial charge >= 0.3 is 5.97 Å². The van der Waals surface area contributed by atoms with Crippen LogP contribution in [-0.4, -0.2) is 22.4 Å². The third-order valence-corrected chi connectivity index (χ3v) is 3.17. The molecule has 1 heterocycles. The number of esters is 1. The molecule has 2 rings (SSSR count). The monoisotopic (exact) mass is 248 g/mol. The largest absolute Gasteiger partial charge is 0.465 e. The number of carbonyl (C=O) groups excluding carboxylic acids is 1. The second-order valence-corrected chi connectivity index (χ2v) is 4.86. The lowest BCUT2D eigenvalue weighted by atomic mass is 9.95. The van der Waals surface area contributed by atoms with Crippen molar-refractivity contribution in [3.8, 4) is 0 Å². The third kappa shape index (κ3) is 4.02. The SMILES string of the molecule is Cc1cnn(CCC(=O)OCC2CC=CCC2)c1. The molecule has 0 aliphatic heterocycles. The van der Waals surface area contributed by atoms with E-state index in [4.69, 9.17) is 4.74 Å². The predicted molar refractivity (Wildman–Crippen MR) is 69.0 cm³/mol. The zero-order chi connectivity index (χ0) is 12.8. The van der Waals surface area contributed by atoms with Crippen LogP contribution in [0.25, 0.3) is 0 Å². The van der Waals surface area contributed by atoms with Crippen LogP contribution >= 0.6 is 0 Å². The first-order valence-corrected chi connectivity index (χ1v) is 6.54. The van der Waals surface area contributed by atoms with Gasteiger partial charge in [0.15, 0.2) is 0 Å². The first kappa shape index (κ1) is 12.9. The van der Waals surface area contributed by atoms with E-state index in [9.17, 15) is 4.79 Å². The second kappa shape index (κ2) is 6.38. The van der Waals surface area contributed by atoms with Gasteiger partial charge in [-0.3, -0.25) is 9.48 Å². The van der Waals surface area contributed by atoms with E-state index in [1.165, 1.54) is 0 Å². The Kier molecular flexibility index (Phi) is 4.56. The highest BCUT2D eigenvalue weighted by atomic mass is 16.5. The molecule has 0 aromatic carbocycles. The van der Waals surface area contributed by atoms with Gasteiger partial charge in [0, 0.05) is 6.20 Å². The van der Waals surface area contributed by atoms with Crippen LogP contribution in [-0.2, 0) is 16.1 Å². The van der Waals surface area contributed by atoms with Gasteiger partial charge in [-0.15, -0.1) is 0 Å². The smallest absolute Gasteiger partial charge is 0.307 e. The highest BCUT2D eigenvalue weighted by Gasteiger charge is 2.12. The molecular weight excluding hydrogens is 228 g/mol. The van der Waals surface area contributed by atoms with Crippen molar-refractivity contribution in [2.24, 2.45) is 5.92 Å². The molecule has 0 bridgehead atoms. The number of hydrogen-bond acceptors (Lipinski definition) is 3. The van der Waals surface area contributed by atoms with Gasteiger partial charge in [-0.05, 0) is 37.7 Å². The molecular formula is C14H20N2O2. The fourth-order valence-corrected chi connectivity index (χ4v) is 2.09. The summed E-state index contributed by atoms with van der Waals surface area (Å²) in [6.45, 7) is 3.14. The minimum absolute atomic E-state index is 0.127. The highest BCUT2D eigenvalue weighted by molar-refractivity contribution is 5.69. The minimum atomic E-state index is -0.127. The Hall–Kier alpha value is -1.58. The summed E-state index contributed by atoms with van der Waals surface area (Å²) in [6.07, 6.45) is 11.7. The lowest BCUT2D eigenvalue weighted by Crippen LogP contribution is -2.16. The molecule has 1 aliphatic rings. The summed E-state index contributed by atoms with van der Waals surface area (Å²) >= 11 is 0. The van der Waals surface area contributed by atoms with Gasteiger partial charge in [-0.1, -0.05) is 12.2 Å². The second-order valence-electron chi connectivity index (χ2n) is 4.86. The summed E-state index contributed by atoms with van der Waals surface area (Å²) in [5.74, 6) is 0.378. The Bertz CT molecular complexity index is 423. The van der Waals surface area contributed by atoms with Gasteiger partial charge in [0.25, 0.3) is 0 Å². The zero-order valence-electron chi connectivity index (χ0n) is 10.8. The van der Waals surface area contributed by atoms with Gasteiger partial charge < -0.3 is 4.74 Å². The van der Waals surface area contributed by atoms with E-state index in [1.807, 2.05) is 13.1 Å². The fourth-order valence-electron chi connectivity index (χ4n) is 2.09. The Morgan fingerprint density at radius 2 is 2.44 bits per heavy atom. The maximum Gasteiger partial charge on any atom is 0.307 e. The minimum Gasteiger partial charge on any atom is -0.465 e. The molecule has 1 aromatic rings. The number of rotatable bonds is 5. The average molecular weight is 248 g/mol. The molecule has 4 nitrogen and oxygen atoms in total. The standard InChI is InChI=1S/C14H20N2O2/c1-12-9-15-16(10-12)8-7-14(17)18-11-13-5-3-2-4-6-13/h2-3,9-10,13H,4-8,11H2,1H3. The molecule has 0 spiro atoms. The number of aromatic nitrogens is 2. The Balaban J connectivity index is 1.64. The zero-order valence-corrected chi connectivity index (χ0v) is 10.8. The molecule has 0 saturated carbocycles. The van der Waals surface area contributed by atoms with Crippen molar-refractivity contribution < 1.29 is 9.53 Å². The fraction of sp³-hybridized carbons (Fsp3) is 0.571. The summed E-state index contributed by atoms with van der Waals surface area (Å²) in [6, 6.07) is 0. The number of allylic oxidation sites excluding steroid dienone is 2. The van der Waals surface area contributed by atoms with Crippen LogP contribution in [0.4, 0.5) is 0 Å². The van der Waals surface area contributed by atoms with E-state index >= 15 is 0 Å². The Morgan fingerprint density at radius 3 is 3.11 bits per heavy atom. The highest BCUT2D eigenvalue weighted by Crippen LogP contribution is 2.18. The number of hydrogen-bond donors (Lipinski definition) is 0. The van der Waals surface area contributed by atoms with Crippen molar-refractivity contribution in [2.45, 2.75) is 39.2 Å². The molecule has 18 heavy (non-hydrogen) atoms. The molecule has 0 amide bonds. The van der Waals surface area contributed by atoms with Crippen molar-refractivity contribution in [1.29, 1.82) is 0 Å². The average Bonchev–Trinajstić information content (AvgIpc) is 2.81. The van der Waals surface area contributed by atoms with Crippen molar-refractivity contribution in [2.75, 3.05) is 6.61 Å². The van der Waals surface area contributed by atoms with Crippen LogP contribution < -0.4 is 0 Å². The van der Waals surface area contributed by atoms with Crippen LogP contribution in [0.5, 0.6) is 0 Å². The molecule has 4 heteroatoms. The van der Waals surface area contributed by atoms with E-state index in [2.05, 4.69) is 17.3 Å². The number of nitrogens with zero attached hydrogens (tertiary/aromatic N) is 2. The molecule has 0 fully saturated rings. The maximum atomic E-state index is 11.6. The van der Waals surface area contributed by atoms with E-state index in [-0.39, 0.29) is 5.97 Å². The molecule has 1 atom stereocenters. The number of carbonyl (C=O) groups is 1. The van der Waals surface area contributed by atoms with Crippen LogP contribution in [0.3, 0.4) is 0 Å². The van der Waals surface area contributed by atoms with Crippen LogP contribution in [0.1, 0.15) is 31.2 Å². The maximum absolute atomic E-state index is 11.6. The Morgan fingerprint density at radius 1 is 1.56 bits per heavy atom. The van der Waals surface area contributed by atoms with Crippen LogP contribution in [0.2, 0.25) is 0 Å². The quantitative estimate of drug-likeness (QED) is 0.594. The normalized spacial score (nSPS) is 18.8. The van der Waals surface area contributed by atoms with Crippen molar-refractivity contribution >= 4 is 5.97 Å². The number of ether oxygens (including phenoxy) is 1. The van der Waals surface area contributed by atoms with Crippen molar-refractivity contribution in [1.82, 2.24) is 9.78 Å². The predicted octanol–water partition coefficient (Wildman–Crippen LogP) is 2.48. The molecule has 0 radical (unpaired) electrons. The van der Waals surface area contributed by atoms with E-state index < -0.39 is 0 Å². The molecule has 1 unspecified atom stereocenters. The third-order valence-electron chi connectivity index (χ3n) is 3.17. The summed E-state index contributed by atoms with van der Waals surface area (Å²) in [4.78, 5) is 11.6. The molecule has 1 aliphatic carbocycles. The summed E-state index contributed by atoms with van der Waals surface area (Å²) < 4.78 is 7.07. The molecule has 0 saturated heterocycles. The molecule has 98 valence electrons. The van der Waals surface area contributed by atoms with E-state index in [0.29, 0.717) is 25.5 Å². The first-order chi connectivity index (χ1) is 8.74. The molecule has 0 N–H and O–H groups in total. The van der Waals surface area contributed by atoms with E-state index in [0.717, 1.165) is 24.8 Å². The molecule has 1 aromatic heterocycles. The van der Waals surface area contributed by atoms with Crippen molar-refractivity contribution in [3.63, 3.8) is 0 Å². The lowest BCUT2D eigenvalue weighted by molar-refractivity contribution is -0.145. The van der Waals surface area contributed by atoms with E-state index in [1.54, 1.807) is 10.9 Å². The van der Waals surface area contributed by atoms with Gasteiger partial charge in [0.05, 0.1) is 25.8 Å². The summed E-state index contributed by atoms with van der Waals surface area (Å²) in [7, 11) is 0. The summed E-state index contributed by atoms with van der Waals surface area (Å²) in [5, 5.41) is 4.14.